The zero-order valence-corrected chi connectivity index (χ0v) is 11.8. The third-order valence-corrected chi connectivity index (χ3v) is 4.67. The third-order valence-electron chi connectivity index (χ3n) is 3.74. The standard InChI is InChI=1S/C13H14N2O4S/c1-13(16,7-2-3-7)12-14-11(15-19-12)10-9-8(6-20-10)17-4-5-18-9/h6-7,16H,2-5H2,1H3. The fraction of sp³-hybridized carbons (Fsp3) is 0.538. The fourth-order valence-corrected chi connectivity index (χ4v) is 3.21. The monoisotopic (exact) mass is 294 g/mol. The maximum Gasteiger partial charge on any atom is 0.258 e. The Balaban J connectivity index is 1.70. The van der Waals surface area contributed by atoms with Crippen molar-refractivity contribution in [2.75, 3.05) is 13.2 Å². The minimum Gasteiger partial charge on any atom is -0.485 e. The first-order valence-electron chi connectivity index (χ1n) is 6.60. The Bertz CT molecular complexity index is 645. The molecule has 1 atom stereocenters. The average Bonchev–Trinajstić information content (AvgIpc) is 3.05. The van der Waals surface area contributed by atoms with E-state index >= 15 is 0 Å². The van der Waals surface area contributed by atoms with E-state index in [0.29, 0.717) is 24.8 Å². The van der Waals surface area contributed by atoms with Crippen molar-refractivity contribution in [1.29, 1.82) is 0 Å². The molecule has 2 aromatic heterocycles. The Morgan fingerprint density at radius 2 is 2.15 bits per heavy atom. The summed E-state index contributed by atoms with van der Waals surface area (Å²) in [6.07, 6.45) is 1.99. The van der Waals surface area contributed by atoms with Crippen molar-refractivity contribution in [2.24, 2.45) is 5.92 Å². The number of hydrogen-bond acceptors (Lipinski definition) is 7. The van der Waals surface area contributed by atoms with Gasteiger partial charge in [-0.25, -0.2) is 0 Å². The summed E-state index contributed by atoms with van der Waals surface area (Å²) in [6.45, 7) is 2.80. The highest BCUT2D eigenvalue weighted by Gasteiger charge is 2.45. The largest absolute Gasteiger partial charge is 0.485 e. The van der Waals surface area contributed by atoms with Crippen LogP contribution in [0.1, 0.15) is 25.7 Å². The molecule has 4 rings (SSSR count). The molecule has 7 heteroatoms. The lowest BCUT2D eigenvalue weighted by atomic mass is 10.0. The highest BCUT2D eigenvalue weighted by atomic mass is 32.1. The average molecular weight is 294 g/mol. The summed E-state index contributed by atoms with van der Waals surface area (Å²) < 4.78 is 16.3. The Kier molecular flexibility index (Phi) is 2.55. The van der Waals surface area contributed by atoms with Gasteiger partial charge in [-0.3, -0.25) is 0 Å². The summed E-state index contributed by atoms with van der Waals surface area (Å²) in [5.41, 5.74) is -1.04. The molecule has 1 aliphatic carbocycles. The van der Waals surface area contributed by atoms with Crippen molar-refractivity contribution in [3.8, 4) is 22.2 Å². The molecule has 1 unspecified atom stereocenters. The van der Waals surface area contributed by atoms with Gasteiger partial charge in [0.1, 0.15) is 23.7 Å². The highest BCUT2D eigenvalue weighted by molar-refractivity contribution is 7.14. The van der Waals surface area contributed by atoms with Gasteiger partial charge in [0.15, 0.2) is 11.5 Å². The van der Waals surface area contributed by atoms with E-state index in [1.54, 1.807) is 6.92 Å². The minimum atomic E-state index is -1.04. The van der Waals surface area contributed by atoms with Gasteiger partial charge in [0.25, 0.3) is 5.89 Å². The van der Waals surface area contributed by atoms with E-state index < -0.39 is 5.60 Å². The van der Waals surface area contributed by atoms with Crippen LogP contribution in [0.5, 0.6) is 11.5 Å². The summed E-state index contributed by atoms with van der Waals surface area (Å²) in [4.78, 5) is 5.12. The molecule has 6 nitrogen and oxygen atoms in total. The van der Waals surface area contributed by atoms with Crippen LogP contribution in [0.4, 0.5) is 0 Å². The molecule has 2 aromatic rings. The second kappa shape index (κ2) is 4.20. The van der Waals surface area contributed by atoms with Gasteiger partial charge in [-0.05, 0) is 25.7 Å². The molecule has 0 radical (unpaired) electrons. The Morgan fingerprint density at radius 3 is 2.95 bits per heavy atom. The molecule has 20 heavy (non-hydrogen) atoms. The van der Waals surface area contributed by atoms with E-state index in [9.17, 15) is 5.11 Å². The molecule has 0 amide bonds. The van der Waals surface area contributed by atoms with Gasteiger partial charge in [-0.15, -0.1) is 11.3 Å². The van der Waals surface area contributed by atoms with E-state index in [2.05, 4.69) is 10.1 Å². The summed E-state index contributed by atoms with van der Waals surface area (Å²) in [7, 11) is 0. The van der Waals surface area contributed by atoms with Crippen molar-refractivity contribution in [1.82, 2.24) is 10.1 Å². The number of aromatic nitrogens is 2. The normalized spacial score (nSPS) is 20.7. The van der Waals surface area contributed by atoms with Crippen LogP contribution in [-0.4, -0.2) is 28.5 Å². The summed E-state index contributed by atoms with van der Waals surface area (Å²) in [5, 5.41) is 16.3. The van der Waals surface area contributed by atoms with Crippen molar-refractivity contribution in [2.45, 2.75) is 25.4 Å². The highest BCUT2D eigenvalue weighted by Crippen LogP contribution is 2.47. The van der Waals surface area contributed by atoms with Crippen molar-refractivity contribution >= 4 is 11.3 Å². The van der Waals surface area contributed by atoms with Crippen LogP contribution in [0.2, 0.25) is 0 Å². The first-order valence-corrected chi connectivity index (χ1v) is 7.48. The topological polar surface area (TPSA) is 77.6 Å². The molecular weight excluding hydrogens is 280 g/mol. The maximum absolute atomic E-state index is 10.4. The molecule has 106 valence electrons. The molecule has 0 aromatic carbocycles. The third kappa shape index (κ3) is 1.81. The Hall–Kier alpha value is -1.60. The lowest BCUT2D eigenvalue weighted by Crippen LogP contribution is -2.24. The SMILES string of the molecule is CC(O)(c1nc(-c2scc3c2OCCO3)no1)C1CC1. The summed E-state index contributed by atoms with van der Waals surface area (Å²) in [5.74, 6) is 2.32. The minimum absolute atomic E-state index is 0.215. The Morgan fingerprint density at radius 1 is 1.35 bits per heavy atom. The van der Waals surface area contributed by atoms with Crippen molar-refractivity contribution < 1.29 is 19.1 Å². The van der Waals surface area contributed by atoms with Gasteiger partial charge in [-0.1, -0.05) is 5.16 Å². The first-order chi connectivity index (χ1) is 9.66. The van der Waals surface area contributed by atoms with Gasteiger partial charge in [0.2, 0.25) is 5.82 Å². The van der Waals surface area contributed by atoms with Crippen LogP contribution in [-0.2, 0) is 5.60 Å². The van der Waals surface area contributed by atoms with E-state index in [-0.39, 0.29) is 11.8 Å². The van der Waals surface area contributed by atoms with Crippen LogP contribution in [0.25, 0.3) is 10.7 Å². The number of thiophene rings is 1. The predicted octanol–water partition coefficient (Wildman–Crippen LogP) is 2.19. The lowest BCUT2D eigenvalue weighted by molar-refractivity contribution is 0.000916. The Labute approximate surface area is 119 Å². The fourth-order valence-electron chi connectivity index (χ4n) is 2.36. The molecule has 3 heterocycles. The van der Waals surface area contributed by atoms with Crippen molar-refractivity contribution in [3.05, 3.63) is 11.3 Å². The molecular formula is C13H14N2O4S. The van der Waals surface area contributed by atoms with Crippen molar-refractivity contribution in [3.63, 3.8) is 0 Å². The van der Waals surface area contributed by atoms with Gasteiger partial charge < -0.3 is 19.1 Å². The van der Waals surface area contributed by atoms with Gasteiger partial charge in [-0.2, -0.15) is 4.98 Å². The first kappa shape index (κ1) is 12.2. The molecule has 1 saturated carbocycles. The number of fused-ring (bicyclic) bond motifs is 1. The smallest absolute Gasteiger partial charge is 0.258 e. The molecule has 2 aliphatic rings. The molecule has 0 spiro atoms. The number of nitrogens with zero attached hydrogens (tertiary/aromatic N) is 2. The molecule has 0 saturated heterocycles. The van der Waals surface area contributed by atoms with Crippen LogP contribution in [0, 0.1) is 5.92 Å². The zero-order chi connectivity index (χ0) is 13.7. The summed E-state index contributed by atoms with van der Waals surface area (Å²) >= 11 is 1.45. The number of aliphatic hydroxyl groups is 1. The van der Waals surface area contributed by atoms with Crippen LogP contribution in [0.15, 0.2) is 9.90 Å². The number of ether oxygens (including phenoxy) is 2. The summed E-state index contributed by atoms with van der Waals surface area (Å²) in [6, 6.07) is 0. The van der Waals surface area contributed by atoms with Crippen LogP contribution in [0.3, 0.4) is 0 Å². The lowest BCUT2D eigenvalue weighted by Gasteiger charge is -2.16. The van der Waals surface area contributed by atoms with Crippen LogP contribution < -0.4 is 9.47 Å². The van der Waals surface area contributed by atoms with Gasteiger partial charge in [0, 0.05) is 5.38 Å². The number of rotatable bonds is 3. The molecule has 1 aliphatic heterocycles. The van der Waals surface area contributed by atoms with E-state index in [1.165, 1.54) is 11.3 Å². The van der Waals surface area contributed by atoms with E-state index in [1.807, 2.05) is 5.38 Å². The van der Waals surface area contributed by atoms with E-state index in [0.717, 1.165) is 23.5 Å². The molecule has 1 fully saturated rings. The predicted molar refractivity (Wildman–Crippen MR) is 70.9 cm³/mol. The van der Waals surface area contributed by atoms with Gasteiger partial charge in [0.05, 0.1) is 0 Å². The second-order valence-electron chi connectivity index (χ2n) is 5.30. The second-order valence-corrected chi connectivity index (χ2v) is 6.18. The quantitative estimate of drug-likeness (QED) is 0.935. The molecule has 1 N–H and O–H groups in total. The molecule has 0 bridgehead atoms. The van der Waals surface area contributed by atoms with Gasteiger partial charge >= 0.3 is 0 Å². The zero-order valence-electron chi connectivity index (χ0n) is 11.0. The van der Waals surface area contributed by atoms with Crippen LogP contribution >= 0.6 is 11.3 Å². The van der Waals surface area contributed by atoms with E-state index in [4.69, 9.17) is 14.0 Å². The number of hydrogen-bond donors (Lipinski definition) is 1. The maximum atomic E-state index is 10.4.